The van der Waals surface area contributed by atoms with Gasteiger partial charge in [0.25, 0.3) is 0 Å². The van der Waals surface area contributed by atoms with Crippen molar-refractivity contribution in [1.82, 2.24) is 0 Å². The fraction of sp³-hybridized carbons (Fsp3) is 0.387. The van der Waals surface area contributed by atoms with Gasteiger partial charge < -0.3 is 8.92 Å². The normalized spacial score (nSPS) is 12.1. The highest BCUT2D eigenvalue weighted by molar-refractivity contribution is 8.31. The van der Waals surface area contributed by atoms with Crippen LogP contribution in [0.4, 0.5) is 3.89 Å². The third-order valence-corrected chi connectivity index (χ3v) is 10.2. The summed E-state index contributed by atoms with van der Waals surface area (Å²) in [5.74, 6) is -0.571. The van der Waals surface area contributed by atoms with Crippen LogP contribution in [0.5, 0.6) is 0 Å². The molecule has 0 radical (unpaired) electrons. The summed E-state index contributed by atoms with van der Waals surface area (Å²) in [5, 5.41) is 0. The topological polar surface area (TPSA) is 69.7 Å². The van der Waals surface area contributed by atoms with Gasteiger partial charge in [0.1, 0.15) is 0 Å². The van der Waals surface area contributed by atoms with Crippen molar-refractivity contribution in [2.45, 2.75) is 94.0 Å². The molecule has 3 aromatic carbocycles. The van der Waals surface area contributed by atoms with Crippen molar-refractivity contribution in [3.05, 3.63) is 90.5 Å². The quantitative estimate of drug-likeness (QED) is 0.207. The lowest BCUT2D eigenvalue weighted by Crippen LogP contribution is -2.29. The number of hydrogen-bond acceptors (Lipinski definition) is 5. The minimum absolute atomic E-state index is 0.0139. The predicted octanol–water partition coefficient (Wildman–Crippen LogP) is 8.98. The fourth-order valence-electron chi connectivity index (χ4n) is 3.65. The summed E-state index contributed by atoms with van der Waals surface area (Å²) in [7, 11) is -6.29. The van der Waals surface area contributed by atoms with Crippen LogP contribution >= 0.6 is 10.3 Å². The highest BCUT2D eigenvalue weighted by atomic mass is 32.3. The van der Waals surface area contributed by atoms with Crippen LogP contribution in [-0.2, 0) is 19.1 Å². The molecular weight excluding hydrogens is 535 g/mol. The Labute approximate surface area is 236 Å². The Morgan fingerprint density at radius 2 is 1.10 bits per heavy atom. The molecule has 0 bridgehead atoms. The minimum Gasteiger partial charge on any atom is -0.459 e. The number of halogens is 1. The van der Waals surface area contributed by atoms with Crippen molar-refractivity contribution in [2.75, 3.05) is 0 Å². The van der Waals surface area contributed by atoms with Gasteiger partial charge in [0, 0.05) is 14.5 Å². The molecule has 216 valence electrons. The first kappa shape index (κ1) is 34.3. The van der Waals surface area contributed by atoms with Gasteiger partial charge in [0.15, 0.2) is 0 Å². The summed E-state index contributed by atoms with van der Waals surface area (Å²) < 4.78 is 45.1. The number of esters is 1. The van der Waals surface area contributed by atoms with E-state index >= 15 is 0 Å². The van der Waals surface area contributed by atoms with Crippen molar-refractivity contribution in [1.29, 1.82) is 0 Å². The molecule has 0 aliphatic rings. The monoisotopic (exact) mass is 578 g/mol. The van der Waals surface area contributed by atoms with E-state index in [0.717, 1.165) is 12.1 Å². The fourth-order valence-corrected chi connectivity index (χ4v) is 7.96. The Hall–Kier alpha value is -2.68. The standard InChI is InChI=1S/C19H26OS.C10H11FO4S.C2H6/c1-16(2)20-21(19(3,4)5,17-12-8-6-9-13-17)18-14-10-7-11-15-18;1-7(2)15-10(12)8-3-5-9(6-4-8)16(11,13)14;1-2/h6-16H,1-5H3;3-7H,1-2H3;1-2H3. The zero-order chi connectivity index (χ0) is 29.9. The Bertz CT molecular complexity index is 1200. The van der Waals surface area contributed by atoms with Gasteiger partial charge >= 0.3 is 16.2 Å². The van der Waals surface area contributed by atoms with Crippen molar-refractivity contribution in [3.8, 4) is 0 Å². The maximum Gasteiger partial charge on any atom is 0.338 e. The maximum atomic E-state index is 12.5. The van der Waals surface area contributed by atoms with Crippen LogP contribution in [0.15, 0.2) is 99.6 Å². The van der Waals surface area contributed by atoms with Gasteiger partial charge in [-0.25, -0.2) is 4.79 Å². The van der Waals surface area contributed by atoms with Crippen LogP contribution in [0.25, 0.3) is 0 Å². The third-order valence-electron chi connectivity index (χ3n) is 5.06. The van der Waals surface area contributed by atoms with E-state index in [-0.39, 0.29) is 22.5 Å². The number of ether oxygens (including phenoxy) is 1. The SMILES string of the molecule is CC.CC(C)OC(=O)c1ccc(S(=O)(=O)F)cc1.CC(C)OS(c1ccccc1)(c1ccccc1)C(C)(C)C. The molecule has 0 N–H and O–H groups in total. The molecule has 8 heteroatoms. The molecule has 3 aromatic rings. The van der Waals surface area contributed by atoms with E-state index in [1.54, 1.807) is 13.8 Å². The van der Waals surface area contributed by atoms with Gasteiger partial charge in [-0.15, -0.1) is 3.89 Å². The molecule has 0 saturated heterocycles. The Morgan fingerprint density at radius 1 is 0.692 bits per heavy atom. The maximum absolute atomic E-state index is 12.5. The minimum atomic E-state index is -4.72. The molecule has 0 atom stereocenters. The van der Waals surface area contributed by atoms with Crippen molar-refractivity contribution >= 4 is 26.5 Å². The van der Waals surface area contributed by atoms with Gasteiger partial charge in [0.2, 0.25) is 0 Å². The zero-order valence-electron chi connectivity index (χ0n) is 24.5. The molecule has 0 fully saturated rings. The van der Waals surface area contributed by atoms with E-state index in [1.807, 2.05) is 13.8 Å². The predicted molar refractivity (Wildman–Crippen MR) is 160 cm³/mol. The molecule has 0 aliphatic heterocycles. The summed E-state index contributed by atoms with van der Waals surface area (Å²) in [6, 6.07) is 25.8. The van der Waals surface area contributed by atoms with E-state index in [0.29, 0.717) is 0 Å². The van der Waals surface area contributed by atoms with Crippen molar-refractivity contribution in [2.24, 2.45) is 0 Å². The number of benzene rings is 3. The number of rotatable bonds is 7. The second-order valence-corrected chi connectivity index (χ2v) is 14.7. The van der Waals surface area contributed by atoms with E-state index in [9.17, 15) is 17.1 Å². The number of carbonyl (C=O) groups is 1. The first-order valence-electron chi connectivity index (χ1n) is 13.1. The summed E-state index contributed by atoms with van der Waals surface area (Å²) in [5.41, 5.74) is 0.182. The highest BCUT2D eigenvalue weighted by Gasteiger charge is 2.42. The molecule has 0 aromatic heterocycles. The molecule has 0 aliphatic carbocycles. The second kappa shape index (κ2) is 15.2. The Balaban J connectivity index is 0.000000379. The van der Waals surface area contributed by atoms with Crippen molar-refractivity contribution < 1.29 is 26.0 Å². The highest BCUT2D eigenvalue weighted by Crippen LogP contribution is 2.71. The van der Waals surface area contributed by atoms with Crippen LogP contribution in [0.3, 0.4) is 0 Å². The Morgan fingerprint density at radius 3 is 1.41 bits per heavy atom. The van der Waals surface area contributed by atoms with Crippen LogP contribution < -0.4 is 0 Å². The molecule has 0 amide bonds. The first-order valence-corrected chi connectivity index (χ1v) is 16.0. The Kier molecular flexibility index (Phi) is 13.4. The van der Waals surface area contributed by atoms with E-state index in [2.05, 4.69) is 95.3 Å². The molecule has 0 unspecified atom stereocenters. The van der Waals surface area contributed by atoms with Crippen LogP contribution in [0, 0.1) is 0 Å². The van der Waals surface area contributed by atoms with Gasteiger partial charge in [-0.05, 0) is 97.0 Å². The van der Waals surface area contributed by atoms with Gasteiger partial charge in [0.05, 0.1) is 22.7 Å². The summed E-state index contributed by atoms with van der Waals surface area (Å²) in [6.07, 6.45) is -0.0864. The van der Waals surface area contributed by atoms with Crippen molar-refractivity contribution in [3.63, 3.8) is 0 Å². The molecule has 39 heavy (non-hydrogen) atoms. The molecular formula is C31H43FO5S2. The van der Waals surface area contributed by atoms with E-state index < -0.39 is 31.4 Å². The molecule has 5 nitrogen and oxygen atoms in total. The van der Waals surface area contributed by atoms with Crippen LogP contribution in [-0.4, -0.2) is 31.3 Å². The van der Waals surface area contributed by atoms with Gasteiger partial charge in [-0.1, -0.05) is 60.6 Å². The molecule has 3 rings (SSSR count). The van der Waals surface area contributed by atoms with E-state index in [1.165, 1.54) is 21.9 Å². The first-order chi connectivity index (χ1) is 18.2. The van der Waals surface area contributed by atoms with Gasteiger partial charge in [-0.2, -0.15) is 8.42 Å². The third kappa shape index (κ3) is 9.78. The summed E-state index contributed by atoms with van der Waals surface area (Å²) in [4.78, 5) is 13.5. The number of hydrogen-bond donors (Lipinski definition) is 0. The average Bonchev–Trinajstić information content (AvgIpc) is 2.88. The molecule has 0 saturated carbocycles. The lowest BCUT2D eigenvalue weighted by atomic mass is 10.2. The second-order valence-electron chi connectivity index (χ2n) is 9.86. The van der Waals surface area contributed by atoms with E-state index in [4.69, 9.17) is 8.92 Å². The summed E-state index contributed by atoms with van der Waals surface area (Å²) >= 11 is 0. The lowest BCUT2D eigenvalue weighted by Gasteiger charge is -2.51. The number of carbonyl (C=O) groups excluding carboxylic acids is 1. The van der Waals surface area contributed by atoms with Crippen LogP contribution in [0.1, 0.15) is 72.7 Å². The van der Waals surface area contributed by atoms with Crippen LogP contribution in [0.2, 0.25) is 0 Å². The largest absolute Gasteiger partial charge is 0.459 e. The average molecular weight is 579 g/mol. The smallest absolute Gasteiger partial charge is 0.338 e. The zero-order valence-corrected chi connectivity index (χ0v) is 26.1. The van der Waals surface area contributed by atoms with Gasteiger partial charge in [-0.3, -0.25) is 0 Å². The lowest BCUT2D eigenvalue weighted by molar-refractivity contribution is 0.0377. The molecule has 0 heterocycles. The molecule has 0 spiro atoms. The summed E-state index contributed by atoms with van der Waals surface area (Å²) in [6.45, 7) is 18.5.